The molecule has 12 rings (SSSR count). The van der Waals surface area contributed by atoms with Crippen LogP contribution in [-0.4, -0.2) is 97.5 Å². The van der Waals surface area contributed by atoms with Crippen molar-refractivity contribution < 1.29 is 28.2 Å². The molecule has 4 aliphatic rings. The molecule has 0 saturated heterocycles. The Morgan fingerprint density at radius 2 is 1.48 bits per heavy atom. The number of benzene rings is 4. The number of azide groups is 1. The molecule has 0 radical (unpaired) electrons. The SMILES string of the molecule is COc1ccc(COC(=O)c2nc(N(CCCCCN=[N+]=[N-])c3cc(C)c(/N=c4\sc5ccccc5n4COCC[Si](C)(C)C)nn3)ccc2-c2cnn(CC34CC5(C)CC(C)(C3)CC(OCCO[Si](c3ccccc3)(c3ccccc3)C(C)(C)C)(C5)C4)c2C)cc1. The number of aromatic nitrogens is 6. The Morgan fingerprint density at radius 1 is 0.783 bits per heavy atom. The number of hydrogen-bond acceptors (Lipinski definition) is 14. The number of rotatable bonds is 28. The number of aryl methyl sites for hydroxylation is 1. The highest BCUT2D eigenvalue weighted by molar-refractivity contribution is 7.16. The summed E-state index contributed by atoms with van der Waals surface area (Å²) in [5.41, 5.74) is 14.1. The topological polar surface area (TPSA) is 189 Å². The molecule has 0 spiro atoms. The minimum absolute atomic E-state index is 0.0246. The van der Waals surface area contributed by atoms with Crippen molar-refractivity contribution in [1.29, 1.82) is 0 Å². The molecule has 0 aliphatic heterocycles. The normalized spacial score (nSPS) is 20.6. The smallest absolute Gasteiger partial charge is 0.358 e. The van der Waals surface area contributed by atoms with Crippen LogP contribution >= 0.6 is 11.3 Å². The van der Waals surface area contributed by atoms with E-state index in [1.165, 1.54) is 16.8 Å². The Kier molecular flexibility index (Phi) is 19.7. The van der Waals surface area contributed by atoms with Gasteiger partial charge in [0.1, 0.15) is 24.9 Å². The summed E-state index contributed by atoms with van der Waals surface area (Å²) in [6.07, 6.45) is 10.4. The average molecular weight is 1290 g/mol. The van der Waals surface area contributed by atoms with Crippen molar-refractivity contribution in [1.82, 2.24) is 29.5 Å². The Labute approximate surface area is 548 Å². The number of carbonyl (C=O) groups excluding carboxylic acids is 1. The van der Waals surface area contributed by atoms with Crippen LogP contribution in [0.3, 0.4) is 0 Å². The molecular weight excluding hydrogens is 1200 g/mol. The summed E-state index contributed by atoms with van der Waals surface area (Å²) in [4.78, 5) is 31.0. The van der Waals surface area contributed by atoms with Gasteiger partial charge >= 0.3 is 5.97 Å². The molecular formula is C72H91N11O6SSi2. The number of para-hydroxylation sites is 1. The number of pyridine rings is 1. The van der Waals surface area contributed by atoms with Crippen LogP contribution < -0.4 is 24.8 Å². The highest BCUT2D eigenvalue weighted by atomic mass is 32.1. The van der Waals surface area contributed by atoms with E-state index in [2.05, 4.69) is 153 Å². The number of esters is 1. The highest BCUT2D eigenvalue weighted by Crippen LogP contribution is 2.72. The second-order valence-corrected chi connectivity index (χ2v) is 40.1. The first-order valence-electron chi connectivity index (χ1n) is 32.6. The largest absolute Gasteiger partial charge is 0.497 e. The second kappa shape index (κ2) is 27.3. The molecule has 484 valence electrons. The summed E-state index contributed by atoms with van der Waals surface area (Å²) in [6.45, 7) is 26.8. The number of hydrogen-bond donors (Lipinski definition) is 0. The molecule has 92 heavy (non-hydrogen) atoms. The predicted octanol–water partition coefficient (Wildman–Crippen LogP) is 15.6. The van der Waals surface area contributed by atoms with Gasteiger partial charge in [0.2, 0.25) is 0 Å². The molecule has 0 amide bonds. The van der Waals surface area contributed by atoms with Crippen molar-refractivity contribution in [3.8, 4) is 16.9 Å². The zero-order valence-corrected chi connectivity index (χ0v) is 58.5. The van der Waals surface area contributed by atoms with Gasteiger partial charge in [-0.1, -0.05) is 162 Å². The molecule has 2 unspecified atom stereocenters. The predicted molar refractivity (Wildman–Crippen MR) is 372 cm³/mol. The van der Waals surface area contributed by atoms with Crippen molar-refractivity contribution >= 4 is 71.7 Å². The maximum atomic E-state index is 14.9. The number of methoxy groups -OCH3 is 1. The summed E-state index contributed by atoms with van der Waals surface area (Å²) in [5.74, 6) is 1.67. The third-order valence-corrected chi connectivity index (χ3v) is 26.9. The van der Waals surface area contributed by atoms with E-state index in [1.54, 1.807) is 18.4 Å². The average Bonchev–Trinajstić information content (AvgIpc) is 0.778. The minimum Gasteiger partial charge on any atom is -0.497 e. The van der Waals surface area contributed by atoms with Gasteiger partial charge in [-0.25, -0.2) is 9.78 Å². The van der Waals surface area contributed by atoms with Crippen LogP contribution in [0.2, 0.25) is 30.7 Å². The van der Waals surface area contributed by atoms with Crippen LogP contribution in [0, 0.1) is 30.1 Å². The number of thiazole rings is 1. The first kappa shape index (κ1) is 66.2. The van der Waals surface area contributed by atoms with Gasteiger partial charge in [-0.2, -0.15) is 10.1 Å². The van der Waals surface area contributed by atoms with E-state index in [0.29, 0.717) is 81.2 Å². The molecule has 4 aromatic carbocycles. The third-order valence-electron chi connectivity index (χ3n) is 19.1. The van der Waals surface area contributed by atoms with Gasteiger partial charge < -0.3 is 28.3 Å². The van der Waals surface area contributed by atoms with Crippen molar-refractivity contribution in [2.24, 2.45) is 26.4 Å². The number of fused-ring (bicyclic) bond motifs is 1. The lowest BCUT2D eigenvalue weighted by Gasteiger charge is -2.69. The number of nitrogens with zero attached hydrogens (tertiary/aromatic N) is 11. The van der Waals surface area contributed by atoms with E-state index >= 15 is 0 Å². The van der Waals surface area contributed by atoms with E-state index < -0.39 is 22.4 Å². The molecule has 4 saturated carbocycles. The maximum Gasteiger partial charge on any atom is 0.358 e. The van der Waals surface area contributed by atoms with Crippen LogP contribution in [0.15, 0.2) is 144 Å². The third kappa shape index (κ3) is 14.6. The lowest BCUT2D eigenvalue weighted by atomic mass is 9.39. The van der Waals surface area contributed by atoms with Gasteiger partial charge in [0.25, 0.3) is 8.32 Å². The van der Waals surface area contributed by atoms with E-state index in [9.17, 15) is 4.79 Å². The summed E-state index contributed by atoms with van der Waals surface area (Å²) in [7, 11) is -2.42. The highest BCUT2D eigenvalue weighted by Gasteiger charge is 2.66. The number of unbranched alkanes of at least 4 members (excludes halogenated alkanes) is 2. The molecule has 0 N–H and O–H groups in total. The van der Waals surface area contributed by atoms with Crippen molar-refractivity contribution in [2.75, 3.05) is 44.9 Å². The lowest BCUT2D eigenvalue weighted by molar-refractivity contribution is -0.249. The van der Waals surface area contributed by atoms with Crippen LogP contribution in [0.1, 0.15) is 120 Å². The standard InChI is InChI=1S/C72H91N11O6SSi2/c1-52-41-63(78-79-65(52)77-67-82(51-86-39-40-91(9,10)11)60-27-19-20-28-61(60)90-67)81(36-22-14-21-35-74-80-73)62-34-33-58(64(76-62)66(84)87-43-54-29-31-55(85-8)32-30-54)59-42-75-83(53(59)2)50-71-45-69(6)44-70(7,46-71)48-72(47-69,49-71)88-37-38-89-92(68(3,4)5,56-23-15-12-16-24-56)57-25-17-13-18-26-57/h12-13,15-20,23-34,41-42H,14,21-22,35-40,43-51H2,1-11H3/b77-67-. The fraction of sp³-hybridized carbons (Fsp3) is 0.472. The zero-order valence-electron chi connectivity index (χ0n) is 55.7. The zero-order chi connectivity index (χ0) is 64.9. The van der Waals surface area contributed by atoms with Gasteiger partial charge in [0.05, 0.1) is 42.3 Å². The van der Waals surface area contributed by atoms with Gasteiger partial charge in [-0.3, -0.25) is 9.25 Å². The Hall–Kier alpha value is -7.30. The first-order chi connectivity index (χ1) is 44.0. The van der Waals surface area contributed by atoms with E-state index in [-0.39, 0.29) is 39.2 Å². The van der Waals surface area contributed by atoms with Crippen LogP contribution in [-0.2, 0) is 38.5 Å². The van der Waals surface area contributed by atoms with Gasteiger partial charge in [-0.05, 0) is 162 Å². The molecule has 20 heteroatoms. The molecule has 4 aromatic heterocycles. The van der Waals surface area contributed by atoms with E-state index in [0.717, 1.165) is 88.5 Å². The Bertz CT molecular complexity index is 3950. The van der Waals surface area contributed by atoms with Crippen molar-refractivity contribution in [2.45, 2.75) is 162 Å². The summed E-state index contributed by atoms with van der Waals surface area (Å²) < 4.78 is 38.0. The summed E-state index contributed by atoms with van der Waals surface area (Å²) in [5, 5.41) is 21.0. The maximum absolute atomic E-state index is 14.9. The van der Waals surface area contributed by atoms with Crippen molar-refractivity contribution in [3.05, 3.63) is 171 Å². The van der Waals surface area contributed by atoms with Crippen LogP contribution in [0.4, 0.5) is 17.5 Å². The minimum atomic E-state index is -2.76. The lowest BCUT2D eigenvalue weighted by Crippen LogP contribution is -2.67. The molecule has 17 nitrogen and oxygen atoms in total. The first-order valence-corrected chi connectivity index (χ1v) is 39.0. The summed E-state index contributed by atoms with van der Waals surface area (Å²) >= 11 is 1.59. The Balaban J connectivity index is 0.896. The molecule has 4 bridgehead atoms. The molecule has 8 aromatic rings. The number of ether oxygens (including phenoxy) is 4. The van der Waals surface area contributed by atoms with E-state index in [4.69, 9.17) is 54.2 Å². The fourth-order valence-electron chi connectivity index (χ4n) is 16.0. The molecule has 4 fully saturated rings. The second-order valence-electron chi connectivity index (χ2n) is 29.1. The van der Waals surface area contributed by atoms with Crippen LogP contribution in [0.5, 0.6) is 5.75 Å². The van der Waals surface area contributed by atoms with Gasteiger partial charge in [-0.15, -0.1) is 10.2 Å². The van der Waals surface area contributed by atoms with Gasteiger partial charge in [0.15, 0.2) is 22.1 Å². The van der Waals surface area contributed by atoms with Crippen molar-refractivity contribution in [3.63, 3.8) is 0 Å². The molecule has 2 atom stereocenters. The van der Waals surface area contributed by atoms with Gasteiger partial charge in [0, 0.05) is 56.0 Å². The fourth-order valence-corrected chi connectivity index (χ4v) is 22.4. The monoisotopic (exact) mass is 1290 g/mol. The van der Waals surface area contributed by atoms with Crippen LogP contribution in [0.25, 0.3) is 31.8 Å². The van der Waals surface area contributed by atoms with E-state index in [1.807, 2.05) is 72.6 Å². The molecule has 4 aliphatic carbocycles. The quantitative estimate of drug-likeness (QED) is 0.0113. The molecule has 4 heterocycles. The Morgan fingerprint density at radius 3 is 2.14 bits per heavy atom. The summed E-state index contributed by atoms with van der Waals surface area (Å²) in [6, 6.07) is 44.4. The number of carbonyl (C=O) groups is 1. The number of anilines is 2.